The molecule has 0 fully saturated rings. The van der Waals surface area contributed by atoms with Gasteiger partial charge in [-0.1, -0.05) is 23.9 Å². The maximum absolute atomic E-state index is 12.2. The van der Waals surface area contributed by atoms with Gasteiger partial charge in [0.25, 0.3) is 0 Å². The maximum Gasteiger partial charge on any atom is 0.230 e. The largest absolute Gasteiger partial charge is 0.497 e. The number of methoxy groups -OCH3 is 1. The van der Waals surface area contributed by atoms with Crippen molar-refractivity contribution in [1.82, 2.24) is 20.5 Å². The van der Waals surface area contributed by atoms with Gasteiger partial charge in [-0.05, 0) is 55.8 Å². The Morgan fingerprint density at radius 1 is 1.23 bits per heavy atom. The fourth-order valence-electron chi connectivity index (χ4n) is 2.99. The molecular weight excluding hydrogens is 398 g/mol. The van der Waals surface area contributed by atoms with E-state index in [1.165, 1.54) is 23.0 Å². The van der Waals surface area contributed by atoms with Gasteiger partial charge < -0.3 is 15.0 Å². The van der Waals surface area contributed by atoms with Crippen LogP contribution in [-0.2, 0) is 4.79 Å². The molecule has 0 saturated carbocycles. The average Bonchev–Trinajstić information content (AvgIpc) is 3.24. The molecule has 0 aliphatic heterocycles. The van der Waals surface area contributed by atoms with Crippen LogP contribution in [0.15, 0.2) is 53.7 Å². The summed E-state index contributed by atoms with van der Waals surface area (Å²) in [7, 11) is 1.63. The highest BCUT2D eigenvalue weighted by Gasteiger charge is 2.10. The average molecular weight is 426 g/mol. The molecule has 2 N–H and O–H groups in total. The van der Waals surface area contributed by atoms with Crippen molar-refractivity contribution in [2.45, 2.75) is 19.0 Å². The predicted octanol–water partition coefficient (Wildman–Crippen LogP) is 3.52. The third-order valence-electron chi connectivity index (χ3n) is 4.61. The lowest BCUT2D eigenvalue weighted by atomic mass is 10.2. The summed E-state index contributed by atoms with van der Waals surface area (Å²) in [5, 5.41) is 10.6. The van der Waals surface area contributed by atoms with Gasteiger partial charge in [0.2, 0.25) is 11.1 Å². The van der Waals surface area contributed by atoms with Crippen LogP contribution in [0.4, 0.5) is 5.69 Å². The molecule has 0 bridgehead atoms. The van der Waals surface area contributed by atoms with Crippen LogP contribution in [-0.4, -0.2) is 53.6 Å². The molecule has 3 aromatic rings. The van der Waals surface area contributed by atoms with Crippen LogP contribution < -0.4 is 15.0 Å². The molecule has 0 atom stereocenters. The van der Waals surface area contributed by atoms with Crippen LogP contribution in [0, 0.1) is 6.92 Å². The molecule has 3 rings (SSSR count). The van der Waals surface area contributed by atoms with Crippen LogP contribution in [0.25, 0.3) is 11.4 Å². The number of likely N-dealkylation sites (N-methyl/N-ethyl adjacent to an activating group) is 1. The zero-order chi connectivity index (χ0) is 21.3. The van der Waals surface area contributed by atoms with Crippen LogP contribution in [0.2, 0.25) is 0 Å². The molecule has 0 unspecified atom stereocenters. The minimum absolute atomic E-state index is 0.0314. The Labute approximate surface area is 181 Å². The van der Waals surface area contributed by atoms with E-state index in [0.29, 0.717) is 17.5 Å². The fraction of sp³-hybridized carbons (Fsp3) is 0.318. The Balaban J connectivity index is 1.44. The van der Waals surface area contributed by atoms with Crippen molar-refractivity contribution in [1.29, 1.82) is 0 Å². The van der Waals surface area contributed by atoms with Crippen LogP contribution in [0.3, 0.4) is 0 Å². The molecule has 158 valence electrons. The first-order chi connectivity index (χ1) is 14.6. The number of nitrogens with one attached hydrogen (secondary N) is 2. The molecule has 0 aliphatic carbocycles. The number of nitrogens with zero attached hydrogens (tertiary/aromatic N) is 3. The molecule has 8 heteroatoms. The van der Waals surface area contributed by atoms with Gasteiger partial charge in [0, 0.05) is 30.9 Å². The molecule has 30 heavy (non-hydrogen) atoms. The highest BCUT2D eigenvalue weighted by Crippen LogP contribution is 2.21. The monoisotopic (exact) mass is 425 g/mol. The van der Waals surface area contributed by atoms with Crippen LogP contribution in [0.1, 0.15) is 12.5 Å². The molecule has 7 nitrogen and oxygen atoms in total. The predicted molar refractivity (Wildman–Crippen MR) is 121 cm³/mol. The van der Waals surface area contributed by atoms with Gasteiger partial charge in [0.1, 0.15) is 5.75 Å². The smallest absolute Gasteiger partial charge is 0.230 e. The van der Waals surface area contributed by atoms with Crippen molar-refractivity contribution in [2.24, 2.45) is 0 Å². The van der Waals surface area contributed by atoms with E-state index >= 15 is 0 Å². The van der Waals surface area contributed by atoms with E-state index in [0.717, 1.165) is 24.4 Å². The topological polar surface area (TPSA) is 83.1 Å². The molecule has 0 saturated heterocycles. The SMILES string of the molecule is CCN(CCNC(=O)CSc1n[nH]c(-c2ccc(OC)cc2)n1)c1cccc(C)c1. The van der Waals surface area contributed by atoms with Crippen molar-refractivity contribution in [3.05, 3.63) is 54.1 Å². The standard InChI is InChI=1S/C22H27N5O2S/c1-4-27(18-7-5-6-16(2)14-18)13-12-23-20(28)15-30-22-24-21(25-26-22)17-8-10-19(29-3)11-9-17/h5-11,14H,4,12-13,15H2,1-3H3,(H,23,28)(H,24,25,26). The van der Waals surface area contributed by atoms with Crippen molar-refractivity contribution in [3.8, 4) is 17.1 Å². The second-order valence-electron chi connectivity index (χ2n) is 6.75. The molecule has 0 aliphatic rings. The molecule has 0 radical (unpaired) electrons. The second-order valence-corrected chi connectivity index (χ2v) is 7.69. The normalized spacial score (nSPS) is 10.6. The molecule has 0 spiro atoms. The van der Waals surface area contributed by atoms with E-state index < -0.39 is 0 Å². The summed E-state index contributed by atoms with van der Waals surface area (Å²) in [5.74, 6) is 1.69. The number of carbonyl (C=O) groups is 1. The molecule has 1 amide bonds. The Morgan fingerprint density at radius 2 is 2.03 bits per heavy atom. The summed E-state index contributed by atoms with van der Waals surface area (Å²) in [5.41, 5.74) is 3.32. The van der Waals surface area contributed by atoms with E-state index in [9.17, 15) is 4.79 Å². The van der Waals surface area contributed by atoms with Crippen molar-refractivity contribution < 1.29 is 9.53 Å². The Hall–Kier alpha value is -3.00. The first kappa shape index (κ1) is 21.7. The van der Waals surface area contributed by atoms with E-state index in [-0.39, 0.29) is 11.7 Å². The summed E-state index contributed by atoms with van der Waals surface area (Å²) in [6.45, 7) is 6.44. The number of aromatic nitrogens is 3. The van der Waals surface area contributed by atoms with Gasteiger partial charge in [0.15, 0.2) is 5.82 Å². The van der Waals surface area contributed by atoms with Gasteiger partial charge >= 0.3 is 0 Å². The number of aryl methyl sites for hydroxylation is 1. The number of carbonyl (C=O) groups excluding carboxylic acids is 1. The zero-order valence-corrected chi connectivity index (χ0v) is 18.3. The highest BCUT2D eigenvalue weighted by molar-refractivity contribution is 7.99. The Kier molecular flexibility index (Phi) is 7.73. The lowest BCUT2D eigenvalue weighted by molar-refractivity contribution is -0.118. The number of hydrogen-bond donors (Lipinski definition) is 2. The van der Waals surface area contributed by atoms with E-state index in [4.69, 9.17) is 4.74 Å². The summed E-state index contributed by atoms with van der Waals surface area (Å²) in [6.07, 6.45) is 0. The molecular formula is C22H27N5O2S. The van der Waals surface area contributed by atoms with E-state index in [1.807, 2.05) is 24.3 Å². The third-order valence-corrected chi connectivity index (χ3v) is 5.46. The van der Waals surface area contributed by atoms with Crippen molar-refractivity contribution in [2.75, 3.05) is 37.4 Å². The third kappa shape index (κ3) is 6.00. The van der Waals surface area contributed by atoms with Gasteiger partial charge in [0.05, 0.1) is 12.9 Å². The van der Waals surface area contributed by atoms with E-state index in [2.05, 4.69) is 63.5 Å². The van der Waals surface area contributed by atoms with Crippen molar-refractivity contribution in [3.63, 3.8) is 0 Å². The summed E-state index contributed by atoms with van der Waals surface area (Å²) in [6, 6.07) is 16.0. The maximum atomic E-state index is 12.2. The quantitative estimate of drug-likeness (QED) is 0.484. The van der Waals surface area contributed by atoms with Crippen molar-refractivity contribution >= 4 is 23.4 Å². The number of aromatic amines is 1. The van der Waals surface area contributed by atoms with Gasteiger partial charge in [-0.25, -0.2) is 4.98 Å². The molecule has 1 aromatic heterocycles. The second kappa shape index (κ2) is 10.7. The summed E-state index contributed by atoms with van der Waals surface area (Å²) in [4.78, 5) is 18.9. The number of anilines is 1. The number of thioether (sulfide) groups is 1. The van der Waals surface area contributed by atoms with Gasteiger partial charge in [-0.15, -0.1) is 5.10 Å². The lowest BCUT2D eigenvalue weighted by Crippen LogP contribution is -2.35. The van der Waals surface area contributed by atoms with Gasteiger partial charge in [-0.3, -0.25) is 9.89 Å². The minimum atomic E-state index is -0.0314. The minimum Gasteiger partial charge on any atom is -0.497 e. The summed E-state index contributed by atoms with van der Waals surface area (Å²) >= 11 is 1.31. The lowest BCUT2D eigenvalue weighted by Gasteiger charge is -2.23. The number of ether oxygens (including phenoxy) is 1. The first-order valence-corrected chi connectivity index (χ1v) is 10.9. The number of benzene rings is 2. The fourth-order valence-corrected chi connectivity index (χ4v) is 3.62. The number of rotatable bonds is 10. The molecule has 1 heterocycles. The summed E-state index contributed by atoms with van der Waals surface area (Å²) < 4.78 is 5.16. The van der Waals surface area contributed by atoms with Crippen LogP contribution >= 0.6 is 11.8 Å². The number of hydrogen-bond acceptors (Lipinski definition) is 6. The Morgan fingerprint density at radius 3 is 2.73 bits per heavy atom. The number of amides is 1. The van der Waals surface area contributed by atoms with Gasteiger partial charge in [-0.2, -0.15) is 0 Å². The Bertz CT molecular complexity index is 958. The zero-order valence-electron chi connectivity index (χ0n) is 17.5. The van der Waals surface area contributed by atoms with Crippen LogP contribution in [0.5, 0.6) is 5.75 Å². The highest BCUT2D eigenvalue weighted by atomic mass is 32.2. The molecule has 2 aromatic carbocycles. The number of H-pyrrole nitrogens is 1. The first-order valence-electron chi connectivity index (χ1n) is 9.87. The van der Waals surface area contributed by atoms with E-state index in [1.54, 1.807) is 7.11 Å².